The molecule has 1 aromatic carbocycles. The standard InChI is InChI=1S/C13H17F3O/c1-2-3-4-12(17)9-10-5-7-11(8-6-10)13(14,15)16/h5-8,12,17H,2-4,9H2,1H3. The van der Waals surface area contributed by atoms with E-state index in [4.69, 9.17) is 0 Å². The van der Waals surface area contributed by atoms with E-state index in [-0.39, 0.29) is 0 Å². The van der Waals surface area contributed by atoms with E-state index in [0.29, 0.717) is 12.8 Å². The quantitative estimate of drug-likeness (QED) is 0.837. The van der Waals surface area contributed by atoms with Crippen molar-refractivity contribution < 1.29 is 18.3 Å². The van der Waals surface area contributed by atoms with Crippen LogP contribution in [0.25, 0.3) is 0 Å². The van der Waals surface area contributed by atoms with Crippen molar-refractivity contribution in [1.29, 1.82) is 0 Å². The minimum Gasteiger partial charge on any atom is -0.393 e. The molecule has 0 aromatic heterocycles. The van der Waals surface area contributed by atoms with Gasteiger partial charge in [0.25, 0.3) is 0 Å². The Hall–Kier alpha value is -1.03. The number of halogens is 3. The van der Waals surface area contributed by atoms with Gasteiger partial charge in [0.1, 0.15) is 0 Å². The van der Waals surface area contributed by atoms with Crippen LogP contribution < -0.4 is 0 Å². The Balaban J connectivity index is 2.56. The van der Waals surface area contributed by atoms with Crippen molar-refractivity contribution in [3.63, 3.8) is 0 Å². The molecule has 0 saturated carbocycles. The summed E-state index contributed by atoms with van der Waals surface area (Å²) in [4.78, 5) is 0. The minimum absolute atomic E-state index is 0.415. The molecule has 0 radical (unpaired) electrons. The van der Waals surface area contributed by atoms with E-state index in [0.717, 1.165) is 30.5 Å². The molecule has 1 rings (SSSR count). The Morgan fingerprint density at radius 1 is 1.18 bits per heavy atom. The molecule has 1 atom stereocenters. The number of hydrogen-bond donors (Lipinski definition) is 1. The molecule has 1 aromatic rings. The summed E-state index contributed by atoms with van der Waals surface area (Å²) in [5.41, 5.74) is 0.0888. The van der Waals surface area contributed by atoms with E-state index in [1.54, 1.807) is 0 Å². The van der Waals surface area contributed by atoms with Crippen molar-refractivity contribution in [2.24, 2.45) is 0 Å². The lowest BCUT2D eigenvalue weighted by atomic mass is 10.0. The second-order valence-corrected chi connectivity index (χ2v) is 4.19. The second kappa shape index (κ2) is 6.05. The molecule has 0 amide bonds. The van der Waals surface area contributed by atoms with Crippen LogP contribution in [-0.2, 0) is 12.6 Å². The molecule has 0 bridgehead atoms. The normalized spacial score (nSPS) is 13.7. The summed E-state index contributed by atoms with van der Waals surface area (Å²) < 4.78 is 36.9. The molecular formula is C13H17F3O. The van der Waals surface area contributed by atoms with E-state index in [1.807, 2.05) is 6.92 Å². The molecule has 0 aliphatic rings. The highest BCUT2D eigenvalue weighted by molar-refractivity contribution is 5.24. The summed E-state index contributed by atoms with van der Waals surface area (Å²) in [5.74, 6) is 0. The van der Waals surface area contributed by atoms with E-state index in [2.05, 4.69) is 0 Å². The van der Waals surface area contributed by atoms with Crippen molar-refractivity contribution in [1.82, 2.24) is 0 Å². The molecule has 4 heteroatoms. The maximum Gasteiger partial charge on any atom is 0.416 e. The van der Waals surface area contributed by atoms with Crippen LogP contribution in [0.2, 0.25) is 0 Å². The third kappa shape index (κ3) is 4.77. The topological polar surface area (TPSA) is 20.2 Å². The van der Waals surface area contributed by atoms with Crippen LogP contribution in [0.1, 0.15) is 37.3 Å². The monoisotopic (exact) mass is 246 g/mol. The van der Waals surface area contributed by atoms with Crippen LogP contribution in [0.3, 0.4) is 0 Å². The molecule has 17 heavy (non-hydrogen) atoms. The Labute approximate surface area is 99.3 Å². The maximum absolute atomic E-state index is 12.3. The number of unbranched alkanes of at least 4 members (excludes halogenated alkanes) is 1. The number of hydrogen-bond acceptors (Lipinski definition) is 1. The van der Waals surface area contributed by atoms with Gasteiger partial charge in [-0.2, -0.15) is 13.2 Å². The molecule has 1 nitrogen and oxygen atoms in total. The summed E-state index contributed by atoms with van der Waals surface area (Å²) in [6.45, 7) is 2.03. The lowest BCUT2D eigenvalue weighted by Gasteiger charge is -2.11. The van der Waals surface area contributed by atoms with Crippen LogP contribution >= 0.6 is 0 Å². The highest BCUT2D eigenvalue weighted by Gasteiger charge is 2.29. The fraction of sp³-hybridized carbons (Fsp3) is 0.538. The lowest BCUT2D eigenvalue weighted by Crippen LogP contribution is -2.10. The van der Waals surface area contributed by atoms with Gasteiger partial charge in [-0.1, -0.05) is 31.9 Å². The summed E-state index contributed by atoms with van der Waals surface area (Å²) in [5, 5.41) is 9.64. The van der Waals surface area contributed by atoms with Crippen molar-refractivity contribution in [2.45, 2.75) is 44.9 Å². The molecule has 96 valence electrons. The Morgan fingerprint density at radius 2 is 1.76 bits per heavy atom. The zero-order valence-electron chi connectivity index (χ0n) is 9.80. The first kappa shape index (κ1) is 14.0. The van der Waals surface area contributed by atoms with Crippen LogP contribution in [0.4, 0.5) is 13.2 Å². The smallest absolute Gasteiger partial charge is 0.393 e. The zero-order valence-corrected chi connectivity index (χ0v) is 9.80. The maximum atomic E-state index is 12.3. The first-order valence-electron chi connectivity index (χ1n) is 5.77. The van der Waals surface area contributed by atoms with Crippen LogP contribution in [0, 0.1) is 0 Å². The van der Waals surface area contributed by atoms with Gasteiger partial charge in [0, 0.05) is 0 Å². The van der Waals surface area contributed by atoms with Crippen molar-refractivity contribution >= 4 is 0 Å². The van der Waals surface area contributed by atoms with Crippen molar-refractivity contribution in [3.8, 4) is 0 Å². The van der Waals surface area contributed by atoms with E-state index >= 15 is 0 Å². The molecule has 0 aliphatic carbocycles. The Morgan fingerprint density at radius 3 is 2.24 bits per heavy atom. The summed E-state index contributed by atoms with van der Waals surface area (Å²) in [6, 6.07) is 4.97. The summed E-state index contributed by atoms with van der Waals surface area (Å²) in [6.07, 6.45) is -1.72. The third-order valence-electron chi connectivity index (χ3n) is 2.64. The molecule has 1 unspecified atom stereocenters. The van der Waals surface area contributed by atoms with Crippen molar-refractivity contribution in [2.75, 3.05) is 0 Å². The molecular weight excluding hydrogens is 229 g/mol. The average Bonchev–Trinajstić information content (AvgIpc) is 2.26. The van der Waals surface area contributed by atoms with Crippen LogP contribution in [0.5, 0.6) is 0 Å². The highest BCUT2D eigenvalue weighted by atomic mass is 19.4. The molecule has 0 saturated heterocycles. The number of aliphatic hydroxyl groups is 1. The van der Waals surface area contributed by atoms with E-state index in [9.17, 15) is 18.3 Å². The minimum atomic E-state index is -4.29. The third-order valence-corrected chi connectivity index (χ3v) is 2.64. The fourth-order valence-electron chi connectivity index (χ4n) is 1.64. The second-order valence-electron chi connectivity index (χ2n) is 4.19. The average molecular weight is 246 g/mol. The van der Waals surface area contributed by atoms with Gasteiger partial charge in [0.2, 0.25) is 0 Å². The highest BCUT2D eigenvalue weighted by Crippen LogP contribution is 2.29. The predicted octanol–water partition coefficient (Wildman–Crippen LogP) is 3.80. The van der Waals surface area contributed by atoms with E-state index < -0.39 is 17.8 Å². The summed E-state index contributed by atoms with van der Waals surface area (Å²) in [7, 11) is 0. The molecule has 0 spiro atoms. The molecule has 0 heterocycles. The van der Waals surface area contributed by atoms with Gasteiger partial charge < -0.3 is 5.11 Å². The predicted molar refractivity (Wildman–Crippen MR) is 60.7 cm³/mol. The number of rotatable bonds is 5. The first-order valence-corrected chi connectivity index (χ1v) is 5.77. The van der Waals surface area contributed by atoms with Gasteiger partial charge in [-0.15, -0.1) is 0 Å². The number of benzene rings is 1. The first-order chi connectivity index (χ1) is 7.93. The number of aliphatic hydroxyl groups excluding tert-OH is 1. The van der Waals surface area contributed by atoms with Gasteiger partial charge >= 0.3 is 6.18 Å². The summed E-state index contributed by atoms with van der Waals surface area (Å²) >= 11 is 0. The van der Waals surface area contributed by atoms with E-state index in [1.165, 1.54) is 12.1 Å². The number of alkyl halides is 3. The Bertz CT molecular complexity index is 330. The molecule has 1 N–H and O–H groups in total. The molecule has 0 fully saturated rings. The largest absolute Gasteiger partial charge is 0.416 e. The van der Waals surface area contributed by atoms with Gasteiger partial charge in [-0.25, -0.2) is 0 Å². The Kier molecular flexibility index (Phi) is 5.00. The SMILES string of the molecule is CCCCC(O)Cc1ccc(C(F)(F)F)cc1. The molecule has 0 aliphatic heterocycles. The van der Waals surface area contributed by atoms with Crippen molar-refractivity contribution in [3.05, 3.63) is 35.4 Å². The van der Waals surface area contributed by atoms with Crippen LogP contribution in [-0.4, -0.2) is 11.2 Å². The van der Waals surface area contributed by atoms with Gasteiger partial charge in [0.05, 0.1) is 11.7 Å². The van der Waals surface area contributed by atoms with Crippen LogP contribution in [0.15, 0.2) is 24.3 Å². The zero-order chi connectivity index (χ0) is 12.9. The lowest BCUT2D eigenvalue weighted by molar-refractivity contribution is -0.137. The van der Waals surface area contributed by atoms with Gasteiger partial charge in [-0.05, 0) is 30.5 Å². The van der Waals surface area contributed by atoms with Gasteiger partial charge in [-0.3, -0.25) is 0 Å². The fourth-order valence-corrected chi connectivity index (χ4v) is 1.64. The van der Waals surface area contributed by atoms with Gasteiger partial charge in [0.15, 0.2) is 0 Å².